The third kappa shape index (κ3) is 5.66. The van der Waals surface area contributed by atoms with E-state index in [0.29, 0.717) is 19.6 Å². The van der Waals surface area contributed by atoms with Crippen molar-refractivity contribution in [2.75, 3.05) is 20.2 Å². The number of nitrogens with zero attached hydrogens (tertiary/aromatic N) is 6. The number of benzene rings is 2. The van der Waals surface area contributed by atoms with Crippen LogP contribution in [0.15, 0.2) is 47.1 Å². The molecule has 218 valence electrons. The Bertz CT molecular complexity index is 1550. The molecule has 0 radical (unpaired) electrons. The van der Waals surface area contributed by atoms with Crippen LogP contribution in [0.2, 0.25) is 0 Å². The summed E-state index contributed by atoms with van der Waals surface area (Å²) in [7, 11) is 1.67. The van der Waals surface area contributed by atoms with Crippen molar-refractivity contribution >= 4 is 32.7 Å². The number of ether oxygens (including phenoxy) is 1. The molecule has 1 aliphatic heterocycles. The molecule has 0 unspecified atom stereocenters. The number of rotatable bonds is 8. The number of methoxy groups -OCH3 is 1. The van der Waals surface area contributed by atoms with Crippen molar-refractivity contribution in [3.63, 3.8) is 0 Å². The van der Waals surface area contributed by atoms with Crippen LogP contribution in [0, 0.1) is 13.8 Å². The molecule has 0 bridgehead atoms. The lowest BCUT2D eigenvalue weighted by Gasteiger charge is -2.44. The van der Waals surface area contributed by atoms with Gasteiger partial charge in [0, 0.05) is 59.3 Å². The van der Waals surface area contributed by atoms with Gasteiger partial charge in [0.05, 0.1) is 30.6 Å². The molecule has 0 aliphatic carbocycles. The van der Waals surface area contributed by atoms with E-state index in [2.05, 4.69) is 108 Å². The lowest BCUT2D eigenvalue weighted by Crippen LogP contribution is -2.57. The predicted octanol–water partition coefficient (Wildman–Crippen LogP) is 6.38. The molecule has 3 atom stereocenters. The van der Waals surface area contributed by atoms with Gasteiger partial charge in [-0.1, -0.05) is 40.2 Å². The molecule has 9 heteroatoms. The Morgan fingerprint density at radius 3 is 2.51 bits per heavy atom. The Kier molecular flexibility index (Phi) is 8.57. The van der Waals surface area contributed by atoms with Crippen molar-refractivity contribution < 1.29 is 9.53 Å². The second-order valence-electron chi connectivity index (χ2n) is 11.5. The van der Waals surface area contributed by atoms with Crippen LogP contribution in [0.1, 0.15) is 73.0 Å². The number of carbonyl (C=O) groups excluding carboxylic acids is 1. The quantitative estimate of drug-likeness (QED) is 0.229. The topological polar surface area (TPSA) is 68.4 Å². The van der Waals surface area contributed by atoms with Gasteiger partial charge in [-0.05, 0) is 76.4 Å². The average molecular weight is 622 g/mol. The van der Waals surface area contributed by atoms with E-state index in [1.165, 1.54) is 11.1 Å². The van der Waals surface area contributed by atoms with Gasteiger partial charge in [-0.25, -0.2) is 4.68 Å². The molecule has 1 amide bonds. The lowest BCUT2D eigenvalue weighted by atomic mass is 10.0. The SMILES string of the molecule is CCCn1c(C)c(C(=O)N2C[C@@H](C)N(Cc3cn([C@@H](C)c4ccc(Br)c(C)c4)nn3)[C@@H](C)C2)c2cc(OC)ccc21. The van der Waals surface area contributed by atoms with E-state index in [-0.39, 0.29) is 24.0 Å². The zero-order valence-electron chi connectivity index (χ0n) is 25.2. The van der Waals surface area contributed by atoms with E-state index in [9.17, 15) is 4.79 Å². The zero-order valence-corrected chi connectivity index (χ0v) is 26.8. The highest BCUT2D eigenvalue weighted by molar-refractivity contribution is 9.10. The highest BCUT2D eigenvalue weighted by atomic mass is 79.9. The summed E-state index contributed by atoms with van der Waals surface area (Å²) in [4.78, 5) is 18.5. The summed E-state index contributed by atoms with van der Waals surface area (Å²) in [6, 6.07) is 12.9. The van der Waals surface area contributed by atoms with E-state index in [0.717, 1.165) is 51.0 Å². The average Bonchev–Trinajstić information content (AvgIpc) is 3.53. The molecule has 2 aromatic heterocycles. The molecule has 0 spiro atoms. The monoisotopic (exact) mass is 620 g/mol. The van der Waals surface area contributed by atoms with E-state index >= 15 is 0 Å². The van der Waals surface area contributed by atoms with Crippen molar-refractivity contribution in [1.29, 1.82) is 0 Å². The molecule has 41 heavy (non-hydrogen) atoms. The van der Waals surface area contributed by atoms with Gasteiger partial charge in [0.1, 0.15) is 5.75 Å². The van der Waals surface area contributed by atoms with Crippen LogP contribution in [-0.4, -0.2) is 67.6 Å². The summed E-state index contributed by atoms with van der Waals surface area (Å²) in [5.74, 6) is 0.864. The number of hydrogen-bond acceptors (Lipinski definition) is 5. The van der Waals surface area contributed by atoms with Crippen molar-refractivity contribution in [3.05, 3.63) is 75.1 Å². The number of amides is 1. The summed E-state index contributed by atoms with van der Waals surface area (Å²) in [5, 5.41) is 9.95. The van der Waals surface area contributed by atoms with Gasteiger partial charge in [0.25, 0.3) is 5.91 Å². The summed E-state index contributed by atoms with van der Waals surface area (Å²) in [6.45, 7) is 15.8. The standard InChI is InChI=1S/C32H41BrN6O2/c1-8-13-37-24(6)31(28-15-27(41-7)10-12-30(28)37)32(40)36-16-21(3)38(22(4)17-36)18-26-19-39(35-34-26)23(5)25-9-11-29(33)20(2)14-25/h9-12,14-15,19,21-23H,8,13,16-18H2,1-7H3/t21-,22+,23-/m0/s1. The molecule has 2 aromatic carbocycles. The third-order valence-corrected chi connectivity index (χ3v) is 9.43. The number of piperazine rings is 1. The Morgan fingerprint density at radius 1 is 1.12 bits per heavy atom. The second kappa shape index (κ2) is 12.0. The van der Waals surface area contributed by atoms with Gasteiger partial charge in [-0.2, -0.15) is 0 Å². The van der Waals surface area contributed by atoms with Crippen LogP contribution < -0.4 is 4.74 Å². The number of halogens is 1. The van der Waals surface area contributed by atoms with Crippen LogP contribution in [-0.2, 0) is 13.1 Å². The first-order valence-electron chi connectivity index (χ1n) is 14.5. The van der Waals surface area contributed by atoms with Gasteiger partial charge < -0.3 is 14.2 Å². The summed E-state index contributed by atoms with van der Waals surface area (Å²) < 4.78 is 10.8. The van der Waals surface area contributed by atoms with E-state index in [4.69, 9.17) is 4.74 Å². The Hall–Kier alpha value is -3.17. The minimum Gasteiger partial charge on any atom is -0.497 e. The van der Waals surface area contributed by atoms with Crippen molar-refractivity contribution in [3.8, 4) is 5.75 Å². The molecule has 1 fully saturated rings. The number of hydrogen-bond donors (Lipinski definition) is 0. The second-order valence-corrected chi connectivity index (χ2v) is 12.3. The lowest BCUT2D eigenvalue weighted by molar-refractivity contribution is 0.0265. The van der Waals surface area contributed by atoms with Crippen molar-refractivity contribution in [2.45, 2.75) is 79.2 Å². The minimum atomic E-state index is 0.0871. The number of carbonyl (C=O) groups is 1. The first-order valence-corrected chi connectivity index (χ1v) is 15.3. The van der Waals surface area contributed by atoms with E-state index < -0.39 is 0 Å². The Balaban J connectivity index is 1.32. The van der Waals surface area contributed by atoms with Crippen LogP contribution in [0.25, 0.3) is 10.9 Å². The first kappa shape index (κ1) is 29.3. The molecule has 4 aromatic rings. The van der Waals surface area contributed by atoms with Crippen molar-refractivity contribution in [2.24, 2.45) is 0 Å². The molecule has 5 rings (SSSR count). The number of fused-ring (bicyclic) bond motifs is 1. The highest BCUT2D eigenvalue weighted by Gasteiger charge is 2.34. The summed E-state index contributed by atoms with van der Waals surface area (Å²) in [6.07, 6.45) is 3.06. The molecular formula is C32H41BrN6O2. The number of aryl methyl sites for hydroxylation is 2. The number of aromatic nitrogens is 4. The Labute approximate surface area is 251 Å². The summed E-state index contributed by atoms with van der Waals surface area (Å²) >= 11 is 3.59. The predicted molar refractivity (Wildman–Crippen MR) is 167 cm³/mol. The fourth-order valence-electron chi connectivity index (χ4n) is 6.20. The normalized spacial score (nSPS) is 18.7. The van der Waals surface area contributed by atoms with Crippen LogP contribution >= 0.6 is 15.9 Å². The van der Waals surface area contributed by atoms with E-state index in [1.54, 1.807) is 7.11 Å². The molecule has 1 saturated heterocycles. The van der Waals surface area contributed by atoms with Crippen molar-refractivity contribution in [1.82, 2.24) is 29.4 Å². The maximum absolute atomic E-state index is 14.1. The molecule has 0 N–H and O–H groups in total. The van der Waals surface area contributed by atoms with Gasteiger partial charge in [-0.3, -0.25) is 9.69 Å². The van der Waals surface area contributed by atoms with Gasteiger partial charge in [0.2, 0.25) is 0 Å². The van der Waals surface area contributed by atoms with Crippen LogP contribution in [0.4, 0.5) is 0 Å². The molecule has 8 nitrogen and oxygen atoms in total. The van der Waals surface area contributed by atoms with Gasteiger partial charge >= 0.3 is 0 Å². The first-order chi connectivity index (χ1) is 19.6. The minimum absolute atomic E-state index is 0.0871. The van der Waals surface area contributed by atoms with E-state index in [1.807, 2.05) is 21.7 Å². The molecular weight excluding hydrogens is 580 g/mol. The fourth-order valence-corrected chi connectivity index (χ4v) is 6.45. The maximum atomic E-state index is 14.1. The van der Waals surface area contributed by atoms with Crippen LogP contribution in [0.5, 0.6) is 5.75 Å². The molecule has 1 aliphatic rings. The fraction of sp³-hybridized carbons (Fsp3) is 0.469. The summed E-state index contributed by atoms with van der Waals surface area (Å²) in [5.41, 5.74) is 6.24. The third-order valence-electron chi connectivity index (χ3n) is 8.54. The van der Waals surface area contributed by atoms with Gasteiger partial charge in [-0.15, -0.1) is 5.10 Å². The molecule has 3 heterocycles. The molecule has 0 saturated carbocycles. The smallest absolute Gasteiger partial charge is 0.256 e. The maximum Gasteiger partial charge on any atom is 0.256 e. The Morgan fingerprint density at radius 2 is 1.85 bits per heavy atom. The largest absolute Gasteiger partial charge is 0.497 e. The van der Waals surface area contributed by atoms with Crippen LogP contribution in [0.3, 0.4) is 0 Å². The zero-order chi connectivity index (χ0) is 29.4. The van der Waals surface area contributed by atoms with Gasteiger partial charge in [0.15, 0.2) is 0 Å². The highest BCUT2D eigenvalue weighted by Crippen LogP contribution is 2.32.